The molecule has 0 spiro atoms. The van der Waals surface area contributed by atoms with Crippen LogP contribution < -0.4 is 0 Å². The van der Waals surface area contributed by atoms with E-state index >= 15 is 0 Å². The monoisotopic (exact) mass is 178 g/mol. The lowest BCUT2D eigenvalue weighted by Gasteiger charge is -2.23. The lowest BCUT2D eigenvalue weighted by atomic mass is 9.93. The first-order valence-electron chi connectivity index (χ1n) is 4.28. The molecule has 1 aliphatic rings. The van der Waals surface area contributed by atoms with Gasteiger partial charge in [0.15, 0.2) is 5.82 Å². The van der Waals surface area contributed by atoms with Crippen LogP contribution in [-0.2, 0) is 5.67 Å². The van der Waals surface area contributed by atoms with E-state index in [0.29, 0.717) is 17.8 Å². The van der Waals surface area contributed by atoms with Crippen molar-refractivity contribution in [2.75, 3.05) is 0 Å². The van der Waals surface area contributed by atoms with Gasteiger partial charge in [0, 0.05) is 24.4 Å². The first kappa shape index (κ1) is 8.35. The number of aryl methyl sites for hydroxylation is 1. The van der Waals surface area contributed by atoms with Crippen molar-refractivity contribution in [3.8, 4) is 0 Å². The van der Waals surface area contributed by atoms with Crippen LogP contribution in [0.1, 0.15) is 24.5 Å². The normalized spacial score (nSPS) is 25.8. The SMILES string of the molecule is Cc1cnc2c(c1)C(C)(F)CC=N2. The standard InChI is InChI=1S/C10H11FN2/c1-7-5-8-9(13-6-7)12-4-3-10(8,2)11/h4-6H,3H2,1-2H3. The first-order valence-corrected chi connectivity index (χ1v) is 4.28. The van der Waals surface area contributed by atoms with E-state index < -0.39 is 5.67 Å². The summed E-state index contributed by atoms with van der Waals surface area (Å²) in [6, 6.07) is 1.82. The Kier molecular flexibility index (Phi) is 1.68. The number of halogens is 1. The van der Waals surface area contributed by atoms with Crippen LogP contribution in [0.15, 0.2) is 17.3 Å². The minimum absolute atomic E-state index is 0.338. The molecule has 2 nitrogen and oxygen atoms in total. The third kappa shape index (κ3) is 1.34. The molecule has 0 aliphatic carbocycles. The second-order valence-corrected chi connectivity index (χ2v) is 3.60. The summed E-state index contributed by atoms with van der Waals surface area (Å²) in [6.45, 7) is 3.47. The Morgan fingerprint density at radius 1 is 1.54 bits per heavy atom. The lowest BCUT2D eigenvalue weighted by molar-refractivity contribution is 0.203. The molecule has 2 heterocycles. The van der Waals surface area contributed by atoms with E-state index in [2.05, 4.69) is 9.98 Å². The highest BCUT2D eigenvalue weighted by atomic mass is 19.1. The summed E-state index contributed by atoms with van der Waals surface area (Å²) in [4.78, 5) is 8.13. The molecule has 3 heteroatoms. The minimum atomic E-state index is -1.31. The van der Waals surface area contributed by atoms with Gasteiger partial charge in [0.1, 0.15) is 5.67 Å². The van der Waals surface area contributed by atoms with Gasteiger partial charge in [-0.15, -0.1) is 0 Å². The number of nitrogens with zero attached hydrogens (tertiary/aromatic N) is 2. The molecule has 0 saturated carbocycles. The van der Waals surface area contributed by atoms with E-state index in [-0.39, 0.29) is 0 Å². The van der Waals surface area contributed by atoms with Crippen LogP contribution in [-0.4, -0.2) is 11.2 Å². The number of hydrogen-bond acceptors (Lipinski definition) is 2. The molecule has 1 atom stereocenters. The molecule has 0 radical (unpaired) electrons. The van der Waals surface area contributed by atoms with E-state index in [1.165, 1.54) is 0 Å². The molecule has 1 unspecified atom stereocenters. The quantitative estimate of drug-likeness (QED) is 0.599. The number of rotatable bonds is 0. The van der Waals surface area contributed by atoms with Gasteiger partial charge in [-0.2, -0.15) is 0 Å². The molecular weight excluding hydrogens is 167 g/mol. The van der Waals surface area contributed by atoms with E-state index in [0.717, 1.165) is 5.56 Å². The summed E-state index contributed by atoms with van der Waals surface area (Å²) >= 11 is 0. The van der Waals surface area contributed by atoms with Crippen LogP contribution in [0.3, 0.4) is 0 Å². The number of pyridine rings is 1. The number of alkyl halides is 1. The van der Waals surface area contributed by atoms with Crippen LogP contribution in [0, 0.1) is 6.92 Å². The van der Waals surface area contributed by atoms with Crippen molar-refractivity contribution in [3.05, 3.63) is 23.4 Å². The number of aromatic nitrogens is 1. The molecule has 0 fully saturated rings. The van der Waals surface area contributed by atoms with Gasteiger partial charge in [0.25, 0.3) is 0 Å². The third-order valence-electron chi connectivity index (χ3n) is 2.25. The van der Waals surface area contributed by atoms with Gasteiger partial charge in [-0.05, 0) is 25.5 Å². The number of aliphatic imine (C=N–C) groups is 1. The predicted molar refractivity (Wildman–Crippen MR) is 50.2 cm³/mol. The molecule has 0 bridgehead atoms. The zero-order chi connectivity index (χ0) is 9.47. The zero-order valence-electron chi connectivity index (χ0n) is 7.71. The molecule has 0 saturated heterocycles. The van der Waals surface area contributed by atoms with Gasteiger partial charge in [-0.1, -0.05) is 0 Å². The third-order valence-corrected chi connectivity index (χ3v) is 2.25. The second-order valence-electron chi connectivity index (χ2n) is 3.60. The van der Waals surface area contributed by atoms with Crippen LogP contribution in [0.5, 0.6) is 0 Å². The van der Waals surface area contributed by atoms with E-state index in [4.69, 9.17) is 0 Å². The van der Waals surface area contributed by atoms with Crippen molar-refractivity contribution >= 4 is 12.0 Å². The van der Waals surface area contributed by atoms with E-state index in [1.807, 2.05) is 13.0 Å². The smallest absolute Gasteiger partial charge is 0.157 e. The first-order chi connectivity index (χ1) is 6.09. The van der Waals surface area contributed by atoms with Gasteiger partial charge in [0.05, 0.1) is 0 Å². The fourth-order valence-corrected chi connectivity index (χ4v) is 1.46. The van der Waals surface area contributed by atoms with Crippen LogP contribution in [0.2, 0.25) is 0 Å². The highest BCUT2D eigenvalue weighted by Gasteiger charge is 2.30. The molecule has 0 aromatic carbocycles. The van der Waals surface area contributed by atoms with Crippen molar-refractivity contribution in [2.45, 2.75) is 25.9 Å². The van der Waals surface area contributed by atoms with Gasteiger partial charge < -0.3 is 0 Å². The molecule has 68 valence electrons. The maximum atomic E-state index is 13.9. The lowest BCUT2D eigenvalue weighted by Crippen LogP contribution is -2.19. The van der Waals surface area contributed by atoms with E-state index in [1.54, 1.807) is 19.3 Å². The molecule has 0 N–H and O–H groups in total. The Morgan fingerprint density at radius 2 is 2.31 bits per heavy atom. The Balaban J connectivity index is 2.62. The van der Waals surface area contributed by atoms with E-state index in [9.17, 15) is 4.39 Å². The summed E-state index contributed by atoms with van der Waals surface area (Å²) in [5.74, 6) is 0.516. The highest BCUT2D eigenvalue weighted by molar-refractivity contribution is 5.69. The largest absolute Gasteiger partial charge is 0.241 e. The average Bonchev–Trinajstić information content (AvgIpc) is 2.06. The van der Waals surface area contributed by atoms with Crippen LogP contribution in [0.4, 0.5) is 10.2 Å². The maximum Gasteiger partial charge on any atom is 0.157 e. The van der Waals surface area contributed by atoms with Crippen molar-refractivity contribution in [1.82, 2.24) is 4.98 Å². The highest BCUT2D eigenvalue weighted by Crippen LogP contribution is 2.37. The second kappa shape index (κ2) is 2.62. The molecule has 1 aliphatic heterocycles. The van der Waals surface area contributed by atoms with Gasteiger partial charge >= 0.3 is 0 Å². The van der Waals surface area contributed by atoms with Gasteiger partial charge in [-0.25, -0.2) is 14.4 Å². The fourth-order valence-electron chi connectivity index (χ4n) is 1.46. The zero-order valence-corrected chi connectivity index (χ0v) is 7.71. The molecule has 1 aromatic rings. The topological polar surface area (TPSA) is 25.2 Å². The van der Waals surface area contributed by atoms with Crippen LogP contribution in [0.25, 0.3) is 0 Å². The molecular formula is C10H11FN2. The Bertz CT molecular complexity index is 369. The summed E-state index contributed by atoms with van der Waals surface area (Å²) in [5, 5.41) is 0. The van der Waals surface area contributed by atoms with Crippen molar-refractivity contribution in [3.63, 3.8) is 0 Å². The Hall–Kier alpha value is -1.25. The van der Waals surface area contributed by atoms with Crippen molar-refractivity contribution in [2.24, 2.45) is 4.99 Å². The molecule has 13 heavy (non-hydrogen) atoms. The Morgan fingerprint density at radius 3 is 3.08 bits per heavy atom. The summed E-state index contributed by atoms with van der Waals surface area (Å²) in [5.41, 5.74) is 0.269. The fraction of sp³-hybridized carbons (Fsp3) is 0.400. The van der Waals surface area contributed by atoms with Gasteiger partial charge in [0.2, 0.25) is 0 Å². The summed E-state index contributed by atoms with van der Waals surface area (Å²) < 4.78 is 13.9. The minimum Gasteiger partial charge on any atom is -0.241 e. The van der Waals surface area contributed by atoms with Crippen molar-refractivity contribution < 1.29 is 4.39 Å². The number of hydrogen-bond donors (Lipinski definition) is 0. The van der Waals surface area contributed by atoms with Crippen LogP contribution >= 0.6 is 0 Å². The molecule has 2 rings (SSSR count). The molecule has 0 amide bonds. The summed E-state index contributed by atoms with van der Waals surface area (Å²) in [6.07, 6.45) is 3.63. The van der Waals surface area contributed by atoms with Gasteiger partial charge in [-0.3, -0.25) is 0 Å². The van der Waals surface area contributed by atoms with Crippen molar-refractivity contribution in [1.29, 1.82) is 0 Å². The molecule has 1 aromatic heterocycles. The number of fused-ring (bicyclic) bond motifs is 1. The Labute approximate surface area is 76.5 Å². The predicted octanol–water partition coefficient (Wildman–Crippen LogP) is 2.68. The average molecular weight is 178 g/mol. The maximum absolute atomic E-state index is 13.9. The summed E-state index contributed by atoms with van der Waals surface area (Å²) in [7, 11) is 0.